The lowest BCUT2D eigenvalue weighted by molar-refractivity contribution is 0.974. The molecule has 1 aliphatic rings. The van der Waals surface area contributed by atoms with Crippen molar-refractivity contribution in [2.24, 2.45) is 0 Å². The van der Waals surface area contributed by atoms with Crippen LogP contribution in [0, 0.1) is 11.6 Å². The van der Waals surface area contributed by atoms with Gasteiger partial charge in [0.2, 0.25) is 0 Å². The fourth-order valence-electron chi connectivity index (χ4n) is 0.750. The van der Waals surface area contributed by atoms with E-state index in [9.17, 15) is 0 Å². The molecule has 4 heteroatoms. The van der Waals surface area contributed by atoms with Gasteiger partial charge in [-0.05, 0) is 12.1 Å². The Balaban J connectivity index is 2.17. The van der Waals surface area contributed by atoms with Crippen LogP contribution in [-0.4, -0.2) is 4.98 Å². The van der Waals surface area contributed by atoms with Gasteiger partial charge in [-0.15, -0.1) is 0 Å². The zero-order valence-electron chi connectivity index (χ0n) is 5.61. The molecular formula is C7H5N3S. The lowest BCUT2D eigenvalue weighted by atomic mass is 10.4. The van der Waals surface area contributed by atoms with Crippen LogP contribution in [0.4, 0.5) is 5.69 Å². The summed E-state index contributed by atoms with van der Waals surface area (Å²) >= 11 is 1.46. The molecule has 1 aromatic heterocycles. The highest BCUT2D eigenvalue weighted by Gasteiger charge is 2.07. The molecule has 2 heterocycles. The van der Waals surface area contributed by atoms with Crippen LogP contribution in [0.15, 0.2) is 24.5 Å². The highest BCUT2D eigenvalue weighted by Crippen LogP contribution is 2.21. The number of hydrogen-bond acceptors (Lipinski definition) is 4. The molecule has 0 atom stereocenters. The molecule has 0 fully saturated rings. The Morgan fingerprint density at radius 2 is 2.64 bits per heavy atom. The molecule has 2 radical (unpaired) electrons. The number of pyridine rings is 1. The second-order valence-corrected chi connectivity index (χ2v) is 2.71. The molecule has 0 saturated carbocycles. The minimum absolute atomic E-state index is 0.995. The van der Waals surface area contributed by atoms with Crippen molar-refractivity contribution < 1.29 is 0 Å². The second kappa shape index (κ2) is 2.84. The van der Waals surface area contributed by atoms with Gasteiger partial charge in [0.05, 0.1) is 23.5 Å². The smallest absolute Gasteiger partial charge is 0.0888 e. The maximum absolute atomic E-state index is 3.87. The minimum atomic E-state index is 0.995. The van der Waals surface area contributed by atoms with Gasteiger partial charge >= 0.3 is 0 Å². The van der Waals surface area contributed by atoms with Gasteiger partial charge in [-0.25, -0.2) is 4.41 Å². The summed E-state index contributed by atoms with van der Waals surface area (Å²) < 4.78 is 1.86. The van der Waals surface area contributed by atoms with Crippen molar-refractivity contribution in [1.82, 2.24) is 10.4 Å². The molecule has 0 spiro atoms. The molecule has 2 rings (SSSR count). The van der Waals surface area contributed by atoms with E-state index in [2.05, 4.69) is 22.0 Å². The first kappa shape index (κ1) is 6.54. The fraction of sp³-hybridized carbons (Fsp3) is 0. The Kier molecular flexibility index (Phi) is 1.69. The molecule has 0 aromatic carbocycles. The van der Waals surface area contributed by atoms with Crippen molar-refractivity contribution in [3.8, 4) is 0 Å². The van der Waals surface area contributed by atoms with Crippen LogP contribution in [0.2, 0.25) is 0 Å². The summed E-state index contributed by atoms with van der Waals surface area (Å²) in [7, 11) is 0. The summed E-state index contributed by atoms with van der Waals surface area (Å²) in [5.74, 6) is 0. The van der Waals surface area contributed by atoms with Crippen molar-refractivity contribution in [3.63, 3.8) is 0 Å². The average Bonchev–Trinajstić information content (AvgIpc) is 2.58. The summed E-state index contributed by atoms with van der Waals surface area (Å²) in [5, 5.41) is 2.94. The maximum atomic E-state index is 3.87. The molecule has 11 heavy (non-hydrogen) atoms. The van der Waals surface area contributed by atoms with E-state index >= 15 is 0 Å². The molecule has 1 aliphatic heterocycles. The Morgan fingerprint density at radius 3 is 3.27 bits per heavy atom. The molecule has 54 valence electrons. The molecule has 0 unspecified atom stereocenters. The Morgan fingerprint density at radius 1 is 1.64 bits per heavy atom. The van der Waals surface area contributed by atoms with Crippen LogP contribution in [0.1, 0.15) is 0 Å². The van der Waals surface area contributed by atoms with E-state index in [1.165, 1.54) is 11.9 Å². The standard InChI is InChI=1S/C7H5N3S/c1-2-7(6-8-3-1)10-9-4-5-11-10/h1-2,4,6,9H. The van der Waals surface area contributed by atoms with E-state index in [1.807, 2.05) is 10.5 Å². The van der Waals surface area contributed by atoms with Gasteiger partial charge in [0.1, 0.15) is 0 Å². The van der Waals surface area contributed by atoms with Gasteiger partial charge in [0.25, 0.3) is 0 Å². The normalized spacial score (nSPS) is 15.1. The summed E-state index contributed by atoms with van der Waals surface area (Å²) in [5.41, 5.74) is 3.97. The quantitative estimate of drug-likeness (QED) is 0.628. The first-order valence-electron chi connectivity index (χ1n) is 3.09. The lowest BCUT2D eigenvalue weighted by Crippen LogP contribution is -2.22. The third-order valence-electron chi connectivity index (χ3n) is 1.22. The van der Waals surface area contributed by atoms with Gasteiger partial charge in [-0.2, -0.15) is 0 Å². The third-order valence-corrected chi connectivity index (χ3v) is 1.94. The third kappa shape index (κ3) is 1.30. The Labute approximate surface area is 69.2 Å². The van der Waals surface area contributed by atoms with E-state index in [4.69, 9.17) is 0 Å². The zero-order chi connectivity index (χ0) is 7.52. The molecule has 0 saturated heterocycles. The summed E-state index contributed by atoms with van der Waals surface area (Å²) in [6.45, 7) is 0. The number of nitrogens with zero attached hydrogens (tertiary/aromatic N) is 2. The number of aromatic nitrogens is 1. The van der Waals surface area contributed by atoms with Crippen LogP contribution in [0.5, 0.6) is 0 Å². The van der Waals surface area contributed by atoms with Crippen molar-refractivity contribution >= 4 is 17.6 Å². The molecular weight excluding hydrogens is 158 g/mol. The molecule has 0 aliphatic carbocycles. The topological polar surface area (TPSA) is 28.2 Å². The van der Waals surface area contributed by atoms with Crippen molar-refractivity contribution in [2.45, 2.75) is 0 Å². The van der Waals surface area contributed by atoms with Gasteiger partial charge in [0, 0.05) is 18.1 Å². The lowest BCUT2D eigenvalue weighted by Gasteiger charge is -2.14. The molecule has 1 N–H and O–H groups in total. The SMILES string of the molecule is [C]1=CNN(c2cc[c]nc2)S1. The van der Waals surface area contributed by atoms with Crippen LogP contribution < -0.4 is 9.84 Å². The van der Waals surface area contributed by atoms with Crippen LogP contribution in [-0.2, 0) is 0 Å². The summed E-state index contributed by atoms with van der Waals surface area (Å²) in [4.78, 5) is 3.87. The molecule has 0 amide bonds. The van der Waals surface area contributed by atoms with Gasteiger partial charge in [-0.3, -0.25) is 10.4 Å². The van der Waals surface area contributed by atoms with Crippen molar-refractivity contribution in [2.75, 3.05) is 4.41 Å². The largest absolute Gasteiger partial charge is 0.294 e. The van der Waals surface area contributed by atoms with Crippen LogP contribution >= 0.6 is 11.9 Å². The van der Waals surface area contributed by atoms with Gasteiger partial charge in [0.15, 0.2) is 0 Å². The van der Waals surface area contributed by atoms with Gasteiger partial charge < -0.3 is 0 Å². The van der Waals surface area contributed by atoms with E-state index < -0.39 is 0 Å². The number of hydrazine groups is 1. The zero-order valence-corrected chi connectivity index (χ0v) is 6.43. The van der Waals surface area contributed by atoms with Crippen molar-refractivity contribution in [3.05, 3.63) is 36.1 Å². The Bertz CT molecular complexity index is 252. The fourth-order valence-corrected chi connectivity index (χ4v) is 1.28. The Hall–Kier alpha value is -1.16. The molecule has 3 nitrogen and oxygen atoms in total. The first-order chi connectivity index (χ1) is 5.47. The number of anilines is 1. The van der Waals surface area contributed by atoms with Crippen molar-refractivity contribution in [1.29, 1.82) is 0 Å². The predicted octanol–water partition coefficient (Wildman–Crippen LogP) is 1.13. The second-order valence-electron chi connectivity index (χ2n) is 1.92. The maximum Gasteiger partial charge on any atom is 0.0888 e. The van der Waals surface area contributed by atoms with E-state index in [1.54, 1.807) is 18.5 Å². The molecule has 0 bridgehead atoms. The van der Waals surface area contributed by atoms with Crippen LogP contribution in [0.25, 0.3) is 0 Å². The predicted molar refractivity (Wildman–Crippen MR) is 44.1 cm³/mol. The molecule has 1 aromatic rings. The highest BCUT2D eigenvalue weighted by molar-refractivity contribution is 8.02. The van der Waals surface area contributed by atoms with E-state index in [0.29, 0.717) is 0 Å². The van der Waals surface area contributed by atoms with Crippen LogP contribution in [0.3, 0.4) is 0 Å². The summed E-state index contributed by atoms with van der Waals surface area (Å²) in [6, 6.07) is 3.70. The number of nitrogens with one attached hydrogen (secondary N) is 1. The average molecular weight is 163 g/mol. The highest BCUT2D eigenvalue weighted by atomic mass is 32.2. The van der Waals surface area contributed by atoms with E-state index in [0.717, 1.165) is 5.69 Å². The van der Waals surface area contributed by atoms with E-state index in [-0.39, 0.29) is 0 Å². The van der Waals surface area contributed by atoms with Gasteiger partial charge in [-0.1, -0.05) is 0 Å². The summed E-state index contributed by atoms with van der Waals surface area (Å²) in [6.07, 6.45) is 6.20. The number of rotatable bonds is 1. The monoisotopic (exact) mass is 163 g/mol. The first-order valence-corrected chi connectivity index (χ1v) is 3.87. The minimum Gasteiger partial charge on any atom is -0.294 e. The number of hydrogen-bond donors (Lipinski definition) is 1.